The van der Waals surface area contributed by atoms with Gasteiger partial charge in [0.25, 0.3) is 0 Å². The molecule has 0 saturated carbocycles. The zero-order valence-corrected chi connectivity index (χ0v) is 16.8. The Balaban J connectivity index is 1.44. The molecule has 1 heterocycles. The van der Waals surface area contributed by atoms with Crippen LogP contribution in [-0.2, 0) is 19.5 Å². The van der Waals surface area contributed by atoms with Crippen molar-refractivity contribution >= 4 is 0 Å². The van der Waals surface area contributed by atoms with Crippen molar-refractivity contribution in [3.8, 4) is 17.2 Å². The SMILES string of the molecule is CCOc1ccc(CN(CCc2ccc3c(c2)OCO3)Cc2ccccc2)cc1. The Labute approximate surface area is 172 Å². The molecule has 4 heteroatoms. The maximum Gasteiger partial charge on any atom is 0.231 e. The Hall–Kier alpha value is -2.98. The van der Waals surface area contributed by atoms with Crippen molar-refractivity contribution in [1.82, 2.24) is 4.90 Å². The Bertz CT molecular complexity index is 909. The van der Waals surface area contributed by atoms with Gasteiger partial charge in [-0.15, -0.1) is 0 Å². The van der Waals surface area contributed by atoms with Crippen LogP contribution in [0.5, 0.6) is 17.2 Å². The number of hydrogen-bond acceptors (Lipinski definition) is 4. The summed E-state index contributed by atoms with van der Waals surface area (Å²) in [6.45, 7) is 5.78. The Morgan fingerprint density at radius 2 is 1.48 bits per heavy atom. The highest BCUT2D eigenvalue weighted by Crippen LogP contribution is 2.32. The van der Waals surface area contributed by atoms with Gasteiger partial charge in [0.15, 0.2) is 11.5 Å². The molecular formula is C25H27NO3. The molecule has 3 aromatic carbocycles. The molecule has 0 aliphatic carbocycles. The van der Waals surface area contributed by atoms with Crippen molar-refractivity contribution in [2.75, 3.05) is 19.9 Å². The van der Waals surface area contributed by atoms with Crippen LogP contribution in [-0.4, -0.2) is 24.8 Å². The quantitative estimate of drug-likeness (QED) is 0.512. The summed E-state index contributed by atoms with van der Waals surface area (Å²) < 4.78 is 16.5. The van der Waals surface area contributed by atoms with E-state index in [1.165, 1.54) is 16.7 Å². The number of hydrogen-bond donors (Lipinski definition) is 0. The minimum absolute atomic E-state index is 0.316. The van der Waals surface area contributed by atoms with Crippen LogP contribution in [0.2, 0.25) is 0 Å². The van der Waals surface area contributed by atoms with Crippen LogP contribution >= 0.6 is 0 Å². The summed E-state index contributed by atoms with van der Waals surface area (Å²) in [6.07, 6.45) is 0.959. The van der Waals surface area contributed by atoms with Crippen LogP contribution < -0.4 is 14.2 Å². The molecule has 0 amide bonds. The molecular weight excluding hydrogens is 362 g/mol. The van der Waals surface area contributed by atoms with Crippen LogP contribution in [0.15, 0.2) is 72.8 Å². The second-order valence-electron chi connectivity index (χ2n) is 7.21. The summed E-state index contributed by atoms with van der Waals surface area (Å²) in [6, 6.07) is 25.3. The average Bonchev–Trinajstić information content (AvgIpc) is 3.22. The fourth-order valence-electron chi connectivity index (χ4n) is 3.56. The van der Waals surface area contributed by atoms with Crippen molar-refractivity contribution in [2.45, 2.75) is 26.4 Å². The molecule has 0 N–H and O–H groups in total. The smallest absolute Gasteiger partial charge is 0.231 e. The number of rotatable bonds is 9. The molecule has 0 spiro atoms. The zero-order chi connectivity index (χ0) is 19.9. The van der Waals surface area contributed by atoms with Gasteiger partial charge in [0.2, 0.25) is 6.79 Å². The lowest BCUT2D eigenvalue weighted by atomic mass is 10.1. The van der Waals surface area contributed by atoms with E-state index in [0.29, 0.717) is 13.4 Å². The molecule has 4 nitrogen and oxygen atoms in total. The normalized spacial score (nSPS) is 12.3. The summed E-state index contributed by atoms with van der Waals surface area (Å²) in [4.78, 5) is 2.48. The van der Waals surface area contributed by atoms with Crippen molar-refractivity contribution in [1.29, 1.82) is 0 Å². The van der Waals surface area contributed by atoms with Crippen molar-refractivity contribution < 1.29 is 14.2 Å². The first-order chi connectivity index (χ1) is 14.3. The minimum atomic E-state index is 0.316. The minimum Gasteiger partial charge on any atom is -0.494 e. The van der Waals surface area contributed by atoms with Crippen LogP contribution in [0.3, 0.4) is 0 Å². The monoisotopic (exact) mass is 389 g/mol. The van der Waals surface area contributed by atoms with Gasteiger partial charge in [-0.1, -0.05) is 48.5 Å². The standard InChI is InChI=1S/C25H27NO3/c1-2-27-23-11-8-22(9-12-23)18-26(17-21-6-4-3-5-7-21)15-14-20-10-13-24-25(16-20)29-19-28-24/h3-13,16H,2,14-15,17-19H2,1H3. The number of ether oxygens (including phenoxy) is 3. The fraction of sp³-hybridized carbons (Fsp3) is 0.280. The largest absolute Gasteiger partial charge is 0.494 e. The third-order valence-corrected chi connectivity index (χ3v) is 5.04. The highest BCUT2D eigenvalue weighted by molar-refractivity contribution is 5.44. The van der Waals surface area contributed by atoms with Gasteiger partial charge in [-0.2, -0.15) is 0 Å². The summed E-state index contributed by atoms with van der Waals surface area (Å²) in [5, 5.41) is 0. The van der Waals surface area contributed by atoms with Crippen molar-refractivity contribution in [3.05, 3.63) is 89.5 Å². The van der Waals surface area contributed by atoms with E-state index < -0.39 is 0 Å². The molecule has 1 aliphatic rings. The molecule has 4 rings (SSSR count). The lowest BCUT2D eigenvalue weighted by molar-refractivity contribution is 0.174. The topological polar surface area (TPSA) is 30.9 Å². The van der Waals surface area contributed by atoms with E-state index in [1.807, 2.05) is 13.0 Å². The highest BCUT2D eigenvalue weighted by atomic mass is 16.7. The summed E-state index contributed by atoms with van der Waals surface area (Å²) in [5.41, 5.74) is 3.87. The molecule has 0 aromatic heterocycles. The van der Waals surface area contributed by atoms with Crippen LogP contribution in [0.4, 0.5) is 0 Å². The van der Waals surface area contributed by atoms with Gasteiger partial charge < -0.3 is 14.2 Å². The van der Waals surface area contributed by atoms with Crippen LogP contribution in [0.25, 0.3) is 0 Å². The maximum absolute atomic E-state index is 5.57. The molecule has 29 heavy (non-hydrogen) atoms. The van der Waals surface area contributed by atoms with Crippen molar-refractivity contribution in [3.63, 3.8) is 0 Å². The molecule has 3 aromatic rings. The van der Waals surface area contributed by atoms with E-state index in [9.17, 15) is 0 Å². The van der Waals surface area contributed by atoms with Gasteiger partial charge >= 0.3 is 0 Å². The Morgan fingerprint density at radius 3 is 2.24 bits per heavy atom. The third kappa shape index (κ3) is 5.30. The summed E-state index contributed by atoms with van der Waals surface area (Å²) in [5.74, 6) is 2.61. The van der Waals surface area contributed by atoms with E-state index in [-0.39, 0.29) is 0 Å². The molecule has 1 aliphatic heterocycles. The molecule has 0 unspecified atom stereocenters. The maximum atomic E-state index is 5.57. The average molecular weight is 389 g/mol. The van der Waals surface area contributed by atoms with E-state index in [0.717, 1.165) is 43.3 Å². The lowest BCUT2D eigenvalue weighted by Crippen LogP contribution is -2.25. The molecule has 150 valence electrons. The van der Waals surface area contributed by atoms with Gasteiger partial charge in [0.05, 0.1) is 6.61 Å². The van der Waals surface area contributed by atoms with Crippen LogP contribution in [0.1, 0.15) is 23.6 Å². The van der Waals surface area contributed by atoms with Crippen molar-refractivity contribution in [2.24, 2.45) is 0 Å². The molecule has 0 bridgehead atoms. The second-order valence-corrected chi connectivity index (χ2v) is 7.21. The Morgan fingerprint density at radius 1 is 0.793 bits per heavy atom. The predicted molar refractivity (Wildman–Crippen MR) is 114 cm³/mol. The van der Waals surface area contributed by atoms with Crippen LogP contribution in [0, 0.1) is 0 Å². The zero-order valence-electron chi connectivity index (χ0n) is 16.8. The van der Waals surface area contributed by atoms with Gasteiger partial charge in [-0.25, -0.2) is 0 Å². The van der Waals surface area contributed by atoms with Gasteiger partial charge in [0.1, 0.15) is 5.75 Å². The van der Waals surface area contributed by atoms with E-state index >= 15 is 0 Å². The first-order valence-corrected chi connectivity index (χ1v) is 10.2. The fourth-order valence-corrected chi connectivity index (χ4v) is 3.56. The van der Waals surface area contributed by atoms with Gasteiger partial charge in [0, 0.05) is 19.6 Å². The molecule has 0 saturated heterocycles. The Kier molecular flexibility index (Phi) is 6.32. The molecule has 0 radical (unpaired) electrons. The molecule has 0 atom stereocenters. The number of benzene rings is 3. The molecule has 0 fully saturated rings. The first-order valence-electron chi connectivity index (χ1n) is 10.2. The number of fused-ring (bicyclic) bond motifs is 1. The summed E-state index contributed by atoms with van der Waals surface area (Å²) in [7, 11) is 0. The van der Waals surface area contributed by atoms with Gasteiger partial charge in [-0.3, -0.25) is 4.90 Å². The highest BCUT2D eigenvalue weighted by Gasteiger charge is 2.14. The second kappa shape index (κ2) is 9.48. The lowest BCUT2D eigenvalue weighted by Gasteiger charge is -2.23. The summed E-state index contributed by atoms with van der Waals surface area (Å²) >= 11 is 0. The van der Waals surface area contributed by atoms with E-state index in [2.05, 4.69) is 71.6 Å². The van der Waals surface area contributed by atoms with E-state index in [1.54, 1.807) is 0 Å². The van der Waals surface area contributed by atoms with E-state index in [4.69, 9.17) is 14.2 Å². The first kappa shape index (κ1) is 19.3. The van der Waals surface area contributed by atoms with Gasteiger partial charge in [-0.05, 0) is 54.3 Å². The predicted octanol–water partition coefficient (Wildman–Crippen LogP) is 5.06. The third-order valence-electron chi connectivity index (χ3n) is 5.04. The number of nitrogens with zero attached hydrogens (tertiary/aromatic N) is 1.